The molecule has 3 aromatic carbocycles. The standard InChI is InChI=1S/C40H42N4O5/c1-25-8-14-34(26(2)20-25)40(48)49-33-12-9-28(10-13-33)23-42-37(45)32-7-5-6-29(21-32)24-44-27(3)38(46)43(4)36-22-31(11-15-35(36)39(44)47)30-16-18-41-19-17-30/h5-8,11,14-22,27-28,33H,9-10,12-13,23-24H2,1-4H3,(H,42,45)/t27-,28?,33?/m1/s1. The van der Waals surface area contributed by atoms with Crippen LogP contribution in [-0.2, 0) is 16.1 Å². The summed E-state index contributed by atoms with van der Waals surface area (Å²) in [5, 5.41) is 3.07. The molecule has 1 fully saturated rings. The highest BCUT2D eigenvalue weighted by atomic mass is 16.5. The average Bonchev–Trinajstić information content (AvgIpc) is 3.17. The van der Waals surface area contributed by atoms with Crippen LogP contribution in [-0.4, -0.2) is 59.3 Å². The summed E-state index contributed by atoms with van der Waals surface area (Å²) in [7, 11) is 1.70. The Labute approximate surface area is 287 Å². The Morgan fingerprint density at radius 2 is 1.65 bits per heavy atom. The Morgan fingerprint density at radius 3 is 2.39 bits per heavy atom. The van der Waals surface area contributed by atoms with Crippen molar-refractivity contribution >= 4 is 29.4 Å². The van der Waals surface area contributed by atoms with Crippen LogP contribution in [0.3, 0.4) is 0 Å². The number of pyridine rings is 1. The van der Waals surface area contributed by atoms with Gasteiger partial charge in [-0.3, -0.25) is 19.4 Å². The summed E-state index contributed by atoms with van der Waals surface area (Å²) in [6, 6.07) is 21.5. The van der Waals surface area contributed by atoms with E-state index in [2.05, 4.69) is 10.3 Å². The fourth-order valence-corrected chi connectivity index (χ4v) is 6.84. The van der Waals surface area contributed by atoms with Gasteiger partial charge in [0.05, 0.1) is 16.8 Å². The highest BCUT2D eigenvalue weighted by Crippen LogP contribution is 2.33. The van der Waals surface area contributed by atoms with Crippen LogP contribution >= 0.6 is 0 Å². The molecule has 9 nitrogen and oxygen atoms in total. The number of ether oxygens (including phenoxy) is 1. The molecule has 1 aromatic heterocycles. The van der Waals surface area contributed by atoms with Crippen molar-refractivity contribution < 1.29 is 23.9 Å². The Kier molecular flexibility index (Phi) is 9.90. The summed E-state index contributed by atoms with van der Waals surface area (Å²) >= 11 is 0. The van der Waals surface area contributed by atoms with E-state index in [0.717, 1.165) is 53.5 Å². The Hall–Kier alpha value is -5.31. The molecule has 2 aliphatic rings. The Morgan fingerprint density at radius 1 is 0.898 bits per heavy atom. The zero-order valence-electron chi connectivity index (χ0n) is 28.4. The van der Waals surface area contributed by atoms with Gasteiger partial charge < -0.3 is 19.9 Å². The third kappa shape index (κ3) is 7.41. The van der Waals surface area contributed by atoms with Gasteiger partial charge in [0.2, 0.25) is 5.91 Å². The van der Waals surface area contributed by atoms with E-state index in [0.29, 0.717) is 34.8 Å². The molecule has 9 heteroatoms. The van der Waals surface area contributed by atoms with E-state index in [-0.39, 0.29) is 36.3 Å². The van der Waals surface area contributed by atoms with E-state index in [4.69, 9.17) is 4.74 Å². The minimum Gasteiger partial charge on any atom is -0.459 e. The van der Waals surface area contributed by atoms with Crippen LogP contribution in [0.1, 0.15) is 80.4 Å². The lowest BCUT2D eigenvalue weighted by atomic mass is 9.87. The molecule has 1 atom stereocenters. The first-order chi connectivity index (χ1) is 23.6. The number of anilines is 1. The third-order valence-corrected chi connectivity index (χ3v) is 9.78. The molecule has 1 N–H and O–H groups in total. The van der Waals surface area contributed by atoms with Gasteiger partial charge in [-0.15, -0.1) is 0 Å². The number of likely N-dealkylation sites (N-methyl/N-ethyl adjacent to an activating group) is 1. The summed E-state index contributed by atoms with van der Waals surface area (Å²) < 4.78 is 5.82. The first-order valence-corrected chi connectivity index (χ1v) is 16.9. The molecule has 1 aliphatic carbocycles. The van der Waals surface area contributed by atoms with E-state index in [9.17, 15) is 19.2 Å². The van der Waals surface area contributed by atoms with Gasteiger partial charge >= 0.3 is 5.97 Å². The van der Waals surface area contributed by atoms with Gasteiger partial charge in [0.15, 0.2) is 0 Å². The van der Waals surface area contributed by atoms with E-state index in [1.54, 1.807) is 60.4 Å². The number of amides is 3. The van der Waals surface area contributed by atoms with Crippen molar-refractivity contribution in [2.45, 2.75) is 65.1 Å². The maximum atomic E-state index is 13.9. The zero-order valence-corrected chi connectivity index (χ0v) is 28.4. The zero-order chi connectivity index (χ0) is 34.7. The molecular weight excluding hydrogens is 616 g/mol. The lowest BCUT2D eigenvalue weighted by Crippen LogP contribution is -2.45. The fourth-order valence-electron chi connectivity index (χ4n) is 6.84. The average molecular weight is 659 g/mol. The minimum absolute atomic E-state index is 0.122. The number of aromatic nitrogens is 1. The number of fused-ring (bicyclic) bond motifs is 1. The van der Waals surface area contributed by atoms with Gasteiger partial charge in [-0.05, 0) is 117 Å². The number of hydrogen-bond acceptors (Lipinski definition) is 6. The molecule has 1 saturated carbocycles. The normalized spacial score (nSPS) is 19.2. The molecule has 1 aliphatic heterocycles. The first kappa shape index (κ1) is 33.6. The van der Waals surface area contributed by atoms with E-state index >= 15 is 0 Å². The molecule has 0 unspecified atom stereocenters. The quantitative estimate of drug-likeness (QED) is 0.216. The van der Waals surface area contributed by atoms with Crippen LogP contribution < -0.4 is 10.2 Å². The van der Waals surface area contributed by atoms with Crippen LogP contribution in [0.2, 0.25) is 0 Å². The van der Waals surface area contributed by atoms with Crippen molar-refractivity contribution in [3.05, 3.63) is 119 Å². The van der Waals surface area contributed by atoms with E-state index in [1.165, 1.54) is 0 Å². The number of rotatable bonds is 8. The number of esters is 1. The predicted molar refractivity (Wildman–Crippen MR) is 188 cm³/mol. The Balaban J connectivity index is 1.06. The monoisotopic (exact) mass is 658 g/mol. The minimum atomic E-state index is -0.706. The van der Waals surface area contributed by atoms with Crippen LogP contribution in [0.25, 0.3) is 11.1 Å². The van der Waals surface area contributed by atoms with Gasteiger partial charge in [-0.1, -0.05) is 35.9 Å². The fraction of sp³-hybridized carbons (Fsp3) is 0.325. The highest BCUT2D eigenvalue weighted by molar-refractivity contribution is 6.11. The Bertz CT molecular complexity index is 1880. The van der Waals surface area contributed by atoms with Gasteiger partial charge in [0.1, 0.15) is 12.1 Å². The lowest BCUT2D eigenvalue weighted by Gasteiger charge is -2.28. The number of hydrogen-bond donors (Lipinski definition) is 1. The largest absolute Gasteiger partial charge is 0.459 e. The molecule has 2 heterocycles. The van der Waals surface area contributed by atoms with Crippen molar-refractivity contribution in [1.29, 1.82) is 0 Å². The smallest absolute Gasteiger partial charge is 0.338 e. The molecule has 6 rings (SSSR count). The third-order valence-electron chi connectivity index (χ3n) is 9.78. The molecule has 0 bridgehead atoms. The van der Waals surface area contributed by atoms with Crippen molar-refractivity contribution in [1.82, 2.24) is 15.2 Å². The first-order valence-electron chi connectivity index (χ1n) is 16.9. The number of carbonyl (C=O) groups is 4. The molecule has 3 amide bonds. The van der Waals surface area contributed by atoms with Crippen LogP contribution in [0.5, 0.6) is 0 Å². The topological polar surface area (TPSA) is 109 Å². The maximum Gasteiger partial charge on any atom is 0.338 e. The van der Waals surface area contributed by atoms with E-state index < -0.39 is 6.04 Å². The SMILES string of the molecule is Cc1ccc(C(=O)OC2CCC(CNC(=O)c3cccc(CN4C(=O)c5ccc(-c6ccncc6)cc5N(C)C(=O)[C@H]4C)c3)CC2)c(C)c1. The van der Waals surface area contributed by atoms with Crippen molar-refractivity contribution in [2.75, 3.05) is 18.5 Å². The van der Waals surface area contributed by atoms with Gasteiger partial charge in [0.25, 0.3) is 11.8 Å². The van der Waals surface area contributed by atoms with Gasteiger partial charge in [-0.2, -0.15) is 0 Å². The molecule has 0 radical (unpaired) electrons. The van der Waals surface area contributed by atoms with Gasteiger partial charge in [-0.25, -0.2) is 4.79 Å². The molecular formula is C40H42N4O5. The maximum absolute atomic E-state index is 13.9. The number of aryl methyl sites for hydroxylation is 2. The second-order valence-corrected chi connectivity index (χ2v) is 13.3. The van der Waals surface area contributed by atoms with Crippen LogP contribution in [0.4, 0.5) is 5.69 Å². The molecule has 49 heavy (non-hydrogen) atoms. The number of nitrogens with one attached hydrogen (secondary N) is 1. The number of carbonyl (C=O) groups excluding carboxylic acids is 4. The second-order valence-electron chi connectivity index (χ2n) is 13.3. The number of benzene rings is 3. The summed E-state index contributed by atoms with van der Waals surface area (Å²) in [4.78, 5) is 60.6. The lowest BCUT2D eigenvalue weighted by molar-refractivity contribution is -0.122. The predicted octanol–water partition coefficient (Wildman–Crippen LogP) is 6.52. The number of nitrogens with zero attached hydrogens (tertiary/aromatic N) is 3. The summed E-state index contributed by atoms with van der Waals surface area (Å²) in [6.07, 6.45) is 6.52. The molecule has 0 saturated heterocycles. The van der Waals surface area contributed by atoms with E-state index in [1.807, 2.05) is 62.4 Å². The molecule has 252 valence electrons. The molecule has 0 spiro atoms. The van der Waals surface area contributed by atoms with Crippen LogP contribution in [0.15, 0.2) is 85.2 Å². The van der Waals surface area contributed by atoms with Gasteiger partial charge in [0, 0.05) is 38.1 Å². The highest BCUT2D eigenvalue weighted by Gasteiger charge is 2.36. The van der Waals surface area contributed by atoms with Crippen molar-refractivity contribution in [2.24, 2.45) is 5.92 Å². The summed E-state index contributed by atoms with van der Waals surface area (Å²) in [5.41, 5.74) is 6.72. The molecule has 4 aromatic rings. The van der Waals surface area contributed by atoms with Crippen LogP contribution in [0, 0.1) is 19.8 Å². The van der Waals surface area contributed by atoms with Crippen molar-refractivity contribution in [3.8, 4) is 11.1 Å². The van der Waals surface area contributed by atoms with Crippen molar-refractivity contribution in [3.63, 3.8) is 0 Å². The summed E-state index contributed by atoms with van der Waals surface area (Å²) in [6.45, 7) is 6.37. The summed E-state index contributed by atoms with van der Waals surface area (Å²) in [5.74, 6) is -0.610. The second kappa shape index (κ2) is 14.4.